The summed E-state index contributed by atoms with van der Waals surface area (Å²) in [5.41, 5.74) is 2.09. The van der Waals surface area contributed by atoms with Crippen LogP contribution in [0.25, 0.3) is 0 Å². The monoisotopic (exact) mass is 278 g/mol. The summed E-state index contributed by atoms with van der Waals surface area (Å²) in [7, 11) is 1.62. The summed E-state index contributed by atoms with van der Waals surface area (Å²) in [5, 5.41) is 9.87. The molecule has 0 N–H and O–H groups in total. The molecule has 4 nitrogen and oxygen atoms in total. The third-order valence-electron chi connectivity index (χ3n) is 3.38. The zero-order chi connectivity index (χ0) is 14.0. The molecule has 0 fully saturated rings. The zero-order valence-corrected chi connectivity index (χ0v) is 11.7. The van der Waals surface area contributed by atoms with Gasteiger partial charge in [0.2, 0.25) is 0 Å². The van der Waals surface area contributed by atoms with Crippen molar-refractivity contribution in [2.45, 2.75) is 19.4 Å². The molecule has 0 radical (unpaired) electrons. The first-order valence-corrected chi connectivity index (χ1v) is 6.48. The van der Waals surface area contributed by atoms with E-state index < -0.39 is 6.04 Å². The molecule has 2 rings (SSSR count). The first-order chi connectivity index (χ1) is 9.11. The SMILES string of the molecule is COCCCN1C(=O)c2c(ccc(Cl)c2C)C1C#N. The molecule has 0 spiro atoms. The second kappa shape index (κ2) is 5.60. The number of rotatable bonds is 4. The first kappa shape index (κ1) is 13.9. The second-order valence-electron chi connectivity index (χ2n) is 4.51. The van der Waals surface area contributed by atoms with E-state index >= 15 is 0 Å². The van der Waals surface area contributed by atoms with Crippen LogP contribution >= 0.6 is 11.6 Å². The Balaban J connectivity index is 2.35. The van der Waals surface area contributed by atoms with Gasteiger partial charge in [0, 0.05) is 30.8 Å². The molecule has 1 amide bonds. The van der Waals surface area contributed by atoms with Crippen LogP contribution < -0.4 is 0 Å². The van der Waals surface area contributed by atoms with Gasteiger partial charge in [-0.1, -0.05) is 17.7 Å². The van der Waals surface area contributed by atoms with Crippen LogP contribution in [0.3, 0.4) is 0 Å². The third kappa shape index (κ3) is 2.32. The standard InChI is InChI=1S/C14H15ClN2O2/c1-9-11(15)5-4-10-12(8-16)17(6-3-7-19-2)14(18)13(9)10/h4-5,12H,3,6-7H2,1-2H3. The lowest BCUT2D eigenvalue weighted by Crippen LogP contribution is -2.29. The Kier molecular flexibility index (Phi) is 4.08. The van der Waals surface area contributed by atoms with Crippen LogP contribution in [0.2, 0.25) is 5.02 Å². The van der Waals surface area contributed by atoms with Crippen LogP contribution in [0.1, 0.15) is 33.9 Å². The molecule has 1 aliphatic rings. The van der Waals surface area contributed by atoms with Crippen LogP contribution in [-0.2, 0) is 4.74 Å². The average Bonchev–Trinajstić information content (AvgIpc) is 2.67. The third-order valence-corrected chi connectivity index (χ3v) is 3.79. The maximum Gasteiger partial charge on any atom is 0.255 e. The summed E-state index contributed by atoms with van der Waals surface area (Å²) in [5.74, 6) is -0.113. The zero-order valence-electron chi connectivity index (χ0n) is 10.9. The van der Waals surface area contributed by atoms with Crippen molar-refractivity contribution < 1.29 is 9.53 Å². The molecule has 0 bridgehead atoms. The number of nitriles is 1. The number of halogens is 1. The minimum Gasteiger partial charge on any atom is -0.385 e. The lowest BCUT2D eigenvalue weighted by Gasteiger charge is -2.19. The van der Waals surface area contributed by atoms with E-state index in [9.17, 15) is 10.1 Å². The number of carbonyl (C=O) groups is 1. The predicted molar refractivity (Wildman–Crippen MR) is 72.1 cm³/mol. The number of carbonyl (C=O) groups excluding carboxylic acids is 1. The van der Waals surface area contributed by atoms with Gasteiger partial charge < -0.3 is 9.64 Å². The Labute approximate surface area is 117 Å². The molecule has 0 saturated heterocycles. The van der Waals surface area contributed by atoms with E-state index in [1.165, 1.54) is 0 Å². The Morgan fingerprint density at radius 2 is 2.26 bits per heavy atom. The van der Waals surface area contributed by atoms with E-state index in [1.54, 1.807) is 24.1 Å². The predicted octanol–water partition coefficient (Wildman–Crippen LogP) is 2.71. The van der Waals surface area contributed by atoms with E-state index in [-0.39, 0.29) is 5.91 Å². The Morgan fingerprint density at radius 1 is 1.53 bits per heavy atom. The van der Waals surface area contributed by atoms with E-state index in [4.69, 9.17) is 16.3 Å². The van der Waals surface area contributed by atoms with Gasteiger partial charge in [0.15, 0.2) is 0 Å². The van der Waals surface area contributed by atoms with Gasteiger partial charge in [0.05, 0.1) is 11.6 Å². The topological polar surface area (TPSA) is 53.3 Å². The van der Waals surface area contributed by atoms with E-state index in [0.717, 1.165) is 11.1 Å². The largest absolute Gasteiger partial charge is 0.385 e. The average molecular weight is 279 g/mol. The molecule has 0 saturated carbocycles. The van der Waals surface area contributed by atoms with Crippen LogP contribution in [0.15, 0.2) is 12.1 Å². The number of fused-ring (bicyclic) bond motifs is 1. The quantitative estimate of drug-likeness (QED) is 0.796. The highest BCUT2D eigenvalue weighted by molar-refractivity contribution is 6.32. The summed E-state index contributed by atoms with van der Waals surface area (Å²) in [6, 6.07) is 5.19. The highest BCUT2D eigenvalue weighted by Gasteiger charge is 2.37. The van der Waals surface area contributed by atoms with Crippen molar-refractivity contribution in [2.24, 2.45) is 0 Å². The van der Waals surface area contributed by atoms with Gasteiger partial charge in [-0.3, -0.25) is 4.79 Å². The number of amides is 1. The number of nitrogens with zero attached hydrogens (tertiary/aromatic N) is 2. The van der Waals surface area contributed by atoms with Gasteiger partial charge in [-0.25, -0.2) is 0 Å². The fourth-order valence-corrected chi connectivity index (χ4v) is 2.55. The van der Waals surface area contributed by atoms with Crippen molar-refractivity contribution in [1.82, 2.24) is 4.90 Å². The fraction of sp³-hybridized carbons (Fsp3) is 0.429. The minimum absolute atomic E-state index is 0.113. The normalized spacial score (nSPS) is 17.5. The van der Waals surface area contributed by atoms with Crippen molar-refractivity contribution in [3.63, 3.8) is 0 Å². The van der Waals surface area contributed by atoms with Crippen molar-refractivity contribution >= 4 is 17.5 Å². The van der Waals surface area contributed by atoms with E-state index in [0.29, 0.717) is 30.2 Å². The number of benzene rings is 1. The van der Waals surface area contributed by atoms with Crippen molar-refractivity contribution in [1.29, 1.82) is 5.26 Å². The van der Waals surface area contributed by atoms with Gasteiger partial charge in [0.1, 0.15) is 6.04 Å². The number of hydrogen-bond acceptors (Lipinski definition) is 3. The Morgan fingerprint density at radius 3 is 2.89 bits per heavy atom. The minimum atomic E-state index is -0.518. The molecule has 1 unspecified atom stereocenters. The van der Waals surface area contributed by atoms with Gasteiger partial charge in [0.25, 0.3) is 5.91 Å². The van der Waals surface area contributed by atoms with Crippen LogP contribution in [-0.4, -0.2) is 31.1 Å². The van der Waals surface area contributed by atoms with Gasteiger partial charge in [-0.2, -0.15) is 5.26 Å². The fourth-order valence-electron chi connectivity index (χ4n) is 2.40. The van der Waals surface area contributed by atoms with Crippen LogP contribution in [0.4, 0.5) is 0 Å². The molecule has 1 aliphatic heterocycles. The highest BCUT2D eigenvalue weighted by Crippen LogP contribution is 2.37. The number of hydrogen-bond donors (Lipinski definition) is 0. The molecular weight excluding hydrogens is 264 g/mol. The van der Waals surface area contributed by atoms with Gasteiger partial charge >= 0.3 is 0 Å². The van der Waals surface area contributed by atoms with Gasteiger partial charge in [-0.15, -0.1) is 0 Å². The number of ether oxygens (including phenoxy) is 1. The molecule has 0 aliphatic carbocycles. The van der Waals surface area contributed by atoms with E-state index in [1.807, 2.05) is 6.92 Å². The summed E-state index contributed by atoms with van der Waals surface area (Å²) >= 11 is 6.05. The van der Waals surface area contributed by atoms with Crippen LogP contribution in [0, 0.1) is 18.3 Å². The lowest BCUT2D eigenvalue weighted by molar-refractivity contribution is 0.0737. The summed E-state index contributed by atoms with van der Waals surface area (Å²) < 4.78 is 4.98. The maximum absolute atomic E-state index is 12.4. The van der Waals surface area contributed by atoms with Crippen molar-refractivity contribution in [3.8, 4) is 6.07 Å². The van der Waals surface area contributed by atoms with Gasteiger partial charge in [-0.05, 0) is 25.0 Å². The molecule has 1 atom stereocenters. The Bertz CT molecular complexity index is 551. The first-order valence-electron chi connectivity index (χ1n) is 6.10. The summed E-state index contributed by atoms with van der Waals surface area (Å²) in [6.07, 6.45) is 0.710. The smallest absolute Gasteiger partial charge is 0.255 e. The maximum atomic E-state index is 12.4. The van der Waals surface area contributed by atoms with E-state index in [2.05, 4.69) is 6.07 Å². The number of methoxy groups -OCH3 is 1. The molecule has 100 valence electrons. The highest BCUT2D eigenvalue weighted by atomic mass is 35.5. The second-order valence-corrected chi connectivity index (χ2v) is 4.92. The molecule has 1 heterocycles. The molecule has 0 aromatic heterocycles. The molecule has 19 heavy (non-hydrogen) atoms. The molecule has 1 aromatic rings. The lowest BCUT2D eigenvalue weighted by atomic mass is 10.0. The van der Waals surface area contributed by atoms with Crippen LogP contribution in [0.5, 0.6) is 0 Å². The molecular formula is C14H15ClN2O2. The summed E-state index contributed by atoms with van der Waals surface area (Å²) in [4.78, 5) is 14.0. The van der Waals surface area contributed by atoms with Crippen molar-refractivity contribution in [3.05, 3.63) is 33.8 Å². The Hall–Kier alpha value is -1.57. The molecule has 1 aromatic carbocycles. The molecule has 5 heteroatoms. The van der Waals surface area contributed by atoms with Crippen molar-refractivity contribution in [2.75, 3.05) is 20.3 Å². The summed E-state index contributed by atoms with van der Waals surface area (Å²) in [6.45, 7) is 2.89.